The van der Waals surface area contributed by atoms with Crippen molar-refractivity contribution >= 4 is 35.2 Å². The Morgan fingerprint density at radius 3 is 2.40 bits per heavy atom. The first-order chi connectivity index (χ1) is 16.9. The molecule has 0 radical (unpaired) electrons. The van der Waals surface area contributed by atoms with Crippen LogP contribution in [0.15, 0.2) is 48.5 Å². The van der Waals surface area contributed by atoms with E-state index in [9.17, 15) is 9.59 Å². The van der Waals surface area contributed by atoms with Crippen LogP contribution in [0.4, 0.5) is 4.79 Å². The number of nitrogens with zero attached hydrogens (tertiary/aromatic N) is 3. The molecule has 1 fully saturated rings. The molecular formula is C27H35Cl2N3O3. The SMILES string of the molecule is CCCCOC(=O)N1CCN(CC[C@H](CN(C)C(=O)c2ccccc2)c2ccc(Cl)c(Cl)c2)CC1. The summed E-state index contributed by atoms with van der Waals surface area (Å²) >= 11 is 12.5. The predicted molar refractivity (Wildman–Crippen MR) is 141 cm³/mol. The van der Waals surface area contributed by atoms with Gasteiger partial charge in [0, 0.05) is 51.3 Å². The standard InChI is InChI=1S/C27H35Cl2N3O3/c1-3-4-18-35-27(34)32-16-14-31(15-17-32)13-12-23(22-10-11-24(28)25(29)19-22)20-30(2)26(33)21-8-6-5-7-9-21/h5-11,19,23H,3-4,12-18,20H2,1-2H3/t23-/m1/s1. The summed E-state index contributed by atoms with van der Waals surface area (Å²) in [6.45, 7) is 6.91. The van der Waals surface area contributed by atoms with Crippen LogP contribution in [0.3, 0.4) is 0 Å². The second-order valence-corrected chi connectivity index (χ2v) is 9.82. The fourth-order valence-corrected chi connectivity index (χ4v) is 4.54. The predicted octanol–water partition coefficient (Wildman–Crippen LogP) is 5.79. The third kappa shape index (κ3) is 8.13. The van der Waals surface area contributed by atoms with Crippen molar-refractivity contribution in [3.8, 4) is 0 Å². The smallest absolute Gasteiger partial charge is 0.409 e. The van der Waals surface area contributed by atoms with Crippen LogP contribution in [-0.4, -0.2) is 79.6 Å². The molecule has 35 heavy (non-hydrogen) atoms. The number of amides is 2. The van der Waals surface area contributed by atoms with Crippen molar-refractivity contribution in [2.24, 2.45) is 0 Å². The van der Waals surface area contributed by atoms with E-state index in [1.54, 1.807) is 9.80 Å². The topological polar surface area (TPSA) is 53.1 Å². The first kappa shape index (κ1) is 27.3. The second-order valence-electron chi connectivity index (χ2n) is 9.01. The molecule has 1 aliphatic rings. The van der Waals surface area contributed by atoms with Gasteiger partial charge in [-0.05, 0) is 49.2 Å². The molecule has 0 spiro atoms. The molecule has 2 amide bonds. The molecule has 3 rings (SSSR count). The first-order valence-electron chi connectivity index (χ1n) is 12.3. The zero-order chi connectivity index (χ0) is 25.2. The molecule has 0 saturated carbocycles. The summed E-state index contributed by atoms with van der Waals surface area (Å²) in [4.78, 5) is 31.1. The Bertz CT molecular complexity index is 965. The molecule has 1 aliphatic heterocycles. The molecule has 1 atom stereocenters. The minimum Gasteiger partial charge on any atom is -0.449 e. The van der Waals surface area contributed by atoms with Crippen molar-refractivity contribution in [1.29, 1.82) is 0 Å². The minimum atomic E-state index is -0.215. The molecule has 0 aromatic heterocycles. The number of carbonyl (C=O) groups excluding carboxylic acids is 2. The average molecular weight is 521 g/mol. The van der Waals surface area contributed by atoms with E-state index in [0.717, 1.165) is 44.5 Å². The molecule has 8 heteroatoms. The summed E-state index contributed by atoms with van der Waals surface area (Å²) in [6, 6.07) is 15.0. The number of carbonyl (C=O) groups is 2. The van der Waals surface area contributed by atoms with Crippen LogP contribution in [0, 0.1) is 0 Å². The van der Waals surface area contributed by atoms with Crippen LogP contribution in [0.2, 0.25) is 10.0 Å². The molecule has 6 nitrogen and oxygen atoms in total. The van der Waals surface area contributed by atoms with Crippen molar-refractivity contribution < 1.29 is 14.3 Å². The van der Waals surface area contributed by atoms with Gasteiger partial charge in [0.1, 0.15) is 0 Å². The van der Waals surface area contributed by atoms with Crippen LogP contribution in [0.25, 0.3) is 0 Å². The Morgan fingerprint density at radius 2 is 1.74 bits per heavy atom. The third-order valence-electron chi connectivity index (χ3n) is 6.42. The fraction of sp³-hybridized carbons (Fsp3) is 0.481. The summed E-state index contributed by atoms with van der Waals surface area (Å²) in [7, 11) is 1.84. The number of rotatable bonds is 10. The maximum absolute atomic E-state index is 13.0. The highest BCUT2D eigenvalue weighted by molar-refractivity contribution is 6.42. The van der Waals surface area contributed by atoms with Gasteiger partial charge < -0.3 is 14.5 Å². The molecule has 2 aromatic rings. The number of benzene rings is 2. The van der Waals surface area contributed by atoms with E-state index in [1.165, 1.54) is 0 Å². The van der Waals surface area contributed by atoms with Gasteiger partial charge >= 0.3 is 6.09 Å². The van der Waals surface area contributed by atoms with E-state index in [4.69, 9.17) is 27.9 Å². The lowest BCUT2D eigenvalue weighted by molar-refractivity contribution is 0.0734. The maximum Gasteiger partial charge on any atom is 0.409 e. The Labute approximate surface area is 218 Å². The summed E-state index contributed by atoms with van der Waals surface area (Å²) in [6.07, 6.45) is 2.54. The van der Waals surface area contributed by atoms with Crippen LogP contribution < -0.4 is 0 Å². The molecule has 1 heterocycles. The largest absolute Gasteiger partial charge is 0.449 e. The number of hydrogen-bond donors (Lipinski definition) is 0. The van der Waals surface area contributed by atoms with Crippen molar-refractivity contribution in [3.05, 3.63) is 69.7 Å². The van der Waals surface area contributed by atoms with E-state index < -0.39 is 0 Å². The number of halogens is 2. The van der Waals surface area contributed by atoms with E-state index in [1.807, 2.05) is 55.6 Å². The Balaban J connectivity index is 1.60. The van der Waals surface area contributed by atoms with Crippen LogP contribution in [-0.2, 0) is 4.74 Å². The molecule has 1 saturated heterocycles. The molecular weight excluding hydrogens is 485 g/mol. The molecule has 0 N–H and O–H groups in total. The van der Waals surface area contributed by atoms with E-state index in [2.05, 4.69) is 11.8 Å². The average Bonchev–Trinajstić information content (AvgIpc) is 2.88. The third-order valence-corrected chi connectivity index (χ3v) is 7.16. The van der Waals surface area contributed by atoms with Gasteiger partial charge in [-0.15, -0.1) is 0 Å². The Morgan fingerprint density at radius 1 is 1.03 bits per heavy atom. The Kier molecular flexibility index (Phi) is 10.7. The van der Waals surface area contributed by atoms with Gasteiger partial charge in [0.25, 0.3) is 5.91 Å². The van der Waals surface area contributed by atoms with E-state index in [-0.39, 0.29) is 17.9 Å². The van der Waals surface area contributed by atoms with E-state index >= 15 is 0 Å². The van der Waals surface area contributed by atoms with Gasteiger partial charge in [-0.1, -0.05) is 60.8 Å². The molecule has 0 bridgehead atoms. The van der Waals surface area contributed by atoms with Crippen molar-refractivity contribution in [3.63, 3.8) is 0 Å². The van der Waals surface area contributed by atoms with Gasteiger partial charge in [-0.3, -0.25) is 9.69 Å². The zero-order valence-electron chi connectivity index (χ0n) is 20.6. The van der Waals surface area contributed by atoms with Gasteiger partial charge in [0.2, 0.25) is 0 Å². The molecule has 190 valence electrons. The normalized spacial score (nSPS) is 15.0. The summed E-state index contributed by atoms with van der Waals surface area (Å²) in [5.74, 6) is 0.0883. The fourth-order valence-electron chi connectivity index (χ4n) is 4.23. The van der Waals surface area contributed by atoms with Crippen molar-refractivity contribution in [2.75, 3.05) is 52.9 Å². The number of ether oxygens (including phenoxy) is 1. The van der Waals surface area contributed by atoms with Gasteiger partial charge in [-0.25, -0.2) is 4.79 Å². The monoisotopic (exact) mass is 519 g/mol. The van der Waals surface area contributed by atoms with Crippen LogP contribution >= 0.6 is 23.2 Å². The van der Waals surface area contributed by atoms with Gasteiger partial charge in [0.05, 0.1) is 16.7 Å². The van der Waals surface area contributed by atoms with Gasteiger partial charge in [-0.2, -0.15) is 0 Å². The summed E-state index contributed by atoms with van der Waals surface area (Å²) in [5.41, 5.74) is 1.73. The lowest BCUT2D eigenvalue weighted by Gasteiger charge is -2.35. The second kappa shape index (κ2) is 13.7. The zero-order valence-corrected chi connectivity index (χ0v) is 22.1. The van der Waals surface area contributed by atoms with E-state index in [0.29, 0.717) is 41.8 Å². The minimum absolute atomic E-state index is 0.00846. The van der Waals surface area contributed by atoms with Crippen LogP contribution in [0.5, 0.6) is 0 Å². The highest BCUT2D eigenvalue weighted by atomic mass is 35.5. The summed E-state index contributed by atoms with van der Waals surface area (Å²) in [5, 5.41) is 1.03. The number of piperazine rings is 1. The quantitative estimate of drug-likeness (QED) is 0.372. The highest BCUT2D eigenvalue weighted by Gasteiger charge is 2.24. The Hall–Kier alpha value is -2.28. The number of unbranched alkanes of at least 4 members (excludes halogenated alkanes) is 1. The van der Waals surface area contributed by atoms with Crippen molar-refractivity contribution in [2.45, 2.75) is 32.1 Å². The lowest BCUT2D eigenvalue weighted by Crippen LogP contribution is -2.49. The highest BCUT2D eigenvalue weighted by Crippen LogP contribution is 2.29. The molecule has 0 aliphatic carbocycles. The van der Waals surface area contributed by atoms with Crippen molar-refractivity contribution in [1.82, 2.24) is 14.7 Å². The lowest BCUT2D eigenvalue weighted by atomic mass is 9.94. The first-order valence-corrected chi connectivity index (χ1v) is 13.0. The number of likely N-dealkylation sites (N-methyl/N-ethyl adjacent to an activating group) is 1. The maximum atomic E-state index is 13.0. The number of hydrogen-bond acceptors (Lipinski definition) is 4. The molecule has 0 unspecified atom stereocenters. The van der Waals surface area contributed by atoms with Gasteiger partial charge in [0.15, 0.2) is 0 Å². The summed E-state index contributed by atoms with van der Waals surface area (Å²) < 4.78 is 5.34. The molecule has 2 aromatic carbocycles. The van der Waals surface area contributed by atoms with Crippen LogP contribution in [0.1, 0.15) is 48.0 Å².